The molecule has 3 aromatic heterocycles. The van der Waals surface area contributed by atoms with Gasteiger partial charge in [-0.15, -0.1) is 0 Å². The molecule has 0 saturated carbocycles. The fourth-order valence-electron chi connectivity index (χ4n) is 3.89. The summed E-state index contributed by atoms with van der Waals surface area (Å²) < 4.78 is 8.09. The van der Waals surface area contributed by atoms with Gasteiger partial charge in [-0.3, -0.25) is 4.98 Å². The Kier molecular flexibility index (Phi) is 5.06. The number of benzene rings is 1. The molecular formula is C23H23N5OS. The van der Waals surface area contributed by atoms with Gasteiger partial charge in [0.1, 0.15) is 0 Å². The Bertz CT molecular complexity index is 1210. The molecule has 1 atom stereocenters. The Morgan fingerprint density at radius 3 is 2.87 bits per heavy atom. The summed E-state index contributed by atoms with van der Waals surface area (Å²) in [6, 6.07) is 12.3. The molecule has 1 aromatic carbocycles. The van der Waals surface area contributed by atoms with Crippen LogP contribution in [0.15, 0.2) is 42.6 Å². The standard InChI is InChI=1S/C23H23N5OS/c1-15-22(30-23(24)26-15)16-8-10-18-19(11-9-17-6-2-4-12-25-17)27-28(20(18)14-16)21-7-3-5-13-29-21/h2,4,6,8-12,14,21H,3,5,7,13H2,1H3,(H2,24,26)/b11-9+. The van der Waals surface area contributed by atoms with Crippen molar-refractivity contribution in [2.45, 2.75) is 32.4 Å². The van der Waals surface area contributed by atoms with Crippen LogP contribution in [0, 0.1) is 6.92 Å². The summed E-state index contributed by atoms with van der Waals surface area (Å²) in [5.74, 6) is 0. The van der Waals surface area contributed by atoms with Crippen molar-refractivity contribution in [1.82, 2.24) is 19.7 Å². The highest BCUT2D eigenvalue weighted by Crippen LogP contribution is 2.35. The molecule has 0 radical (unpaired) electrons. The van der Waals surface area contributed by atoms with Crippen molar-refractivity contribution in [3.05, 3.63) is 59.7 Å². The second-order valence-electron chi connectivity index (χ2n) is 7.44. The number of nitrogens with zero attached hydrogens (tertiary/aromatic N) is 4. The largest absolute Gasteiger partial charge is 0.375 e. The smallest absolute Gasteiger partial charge is 0.180 e. The number of rotatable bonds is 4. The molecule has 0 amide bonds. The third kappa shape index (κ3) is 3.62. The maximum absolute atomic E-state index is 6.06. The van der Waals surface area contributed by atoms with Crippen molar-refractivity contribution in [3.63, 3.8) is 0 Å². The van der Waals surface area contributed by atoms with Crippen LogP contribution < -0.4 is 5.73 Å². The minimum Gasteiger partial charge on any atom is -0.375 e. The highest BCUT2D eigenvalue weighted by Gasteiger charge is 2.21. The van der Waals surface area contributed by atoms with Gasteiger partial charge in [0.05, 0.1) is 27.5 Å². The van der Waals surface area contributed by atoms with Gasteiger partial charge in [-0.25, -0.2) is 9.67 Å². The molecule has 0 aliphatic carbocycles. The normalized spacial score (nSPS) is 17.2. The summed E-state index contributed by atoms with van der Waals surface area (Å²) in [6.45, 7) is 2.77. The lowest BCUT2D eigenvalue weighted by molar-refractivity contribution is -0.0367. The van der Waals surface area contributed by atoms with Crippen LogP contribution in [0.5, 0.6) is 0 Å². The molecule has 4 heterocycles. The Labute approximate surface area is 179 Å². The van der Waals surface area contributed by atoms with Crippen LogP contribution in [0.1, 0.15) is 42.6 Å². The number of hydrogen-bond donors (Lipinski definition) is 1. The van der Waals surface area contributed by atoms with Gasteiger partial charge < -0.3 is 10.5 Å². The van der Waals surface area contributed by atoms with Gasteiger partial charge in [-0.2, -0.15) is 5.10 Å². The monoisotopic (exact) mass is 417 g/mol. The molecule has 30 heavy (non-hydrogen) atoms. The van der Waals surface area contributed by atoms with Crippen molar-refractivity contribution in [2.24, 2.45) is 0 Å². The first-order valence-corrected chi connectivity index (χ1v) is 11.0. The molecule has 1 unspecified atom stereocenters. The second kappa shape index (κ2) is 8.01. The third-order valence-electron chi connectivity index (χ3n) is 5.34. The molecular weight excluding hydrogens is 394 g/mol. The van der Waals surface area contributed by atoms with Crippen LogP contribution in [0.25, 0.3) is 33.5 Å². The lowest BCUT2D eigenvalue weighted by Gasteiger charge is -2.23. The number of aryl methyl sites for hydroxylation is 1. The fourth-order valence-corrected chi connectivity index (χ4v) is 4.72. The SMILES string of the molecule is Cc1nc(N)sc1-c1ccc2c(/C=C/c3ccccn3)nn(C3CCCCO3)c2c1. The van der Waals surface area contributed by atoms with Gasteiger partial charge in [0.2, 0.25) is 0 Å². The molecule has 6 nitrogen and oxygen atoms in total. The Morgan fingerprint density at radius 2 is 2.13 bits per heavy atom. The predicted octanol–water partition coefficient (Wildman–Crippen LogP) is 5.31. The van der Waals surface area contributed by atoms with E-state index in [1.807, 2.05) is 42.0 Å². The van der Waals surface area contributed by atoms with Gasteiger partial charge in [0, 0.05) is 18.2 Å². The van der Waals surface area contributed by atoms with E-state index in [1.165, 1.54) is 11.3 Å². The lowest BCUT2D eigenvalue weighted by Crippen LogP contribution is -2.19. The van der Waals surface area contributed by atoms with Crippen LogP contribution >= 0.6 is 11.3 Å². The van der Waals surface area contributed by atoms with Crippen LogP contribution in [0.2, 0.25) is 0 Å². The summed E-state index contributed by atoms with van der Waals surface area (Å²) in [4.78, 5) is 9.85. The van der Waals surface area contributed by atoms with Gasteiger partial charge in [-0.05, 0) is 68.2 Å². The summed E-state index contributed by atoms with van der Waals surface area (Å²) in [7, 11) is 0. The van der Waals surface area contributed by atoms with Gasteiger partial charge in [0.25, 0.3) is 0 Å². The molecule has 152 valence electrons. The van der Waals surface area contributed by atoms with Crippen molar-refractivity contribution >= 4 is 39.5 Å². The second-order valence-corrected chi connectivity index (χ2v) is 8.47. The minimum absolute atomic E-state index is 0.0406. The van der Waals surface area contributed by atoms with E-state index in [0.29, 0.717) is 5.13 Å². The average Bonchev–Trinajstić information content (AvgIpc) is 3.32. The molecule has 0 spiro atoms. The summed E-state index contributed by atoms with van der Waals surface area (Å²) in [6.07, 6.45) is 9.00. The van der Waals surface area contributed by atoms with E-state index in [0.717, 1.165) is 64.3 Å². The highest BCUT2D eigenvalue weighted by atomic mass is 32.1. The van der Waals surface area contributed by atoms with E-state index < -0.39 is 0 Å². The molecule has 1 saturated heterocycles. The van der Waals surface area contributed by atoms with Crippen LogP contribution in [0.3, 0.4) is 0 Å². The zero-order valence-electron chi connectivity index (χ0n) is 16.8. The number of nitrogens with two attached hydrogens (primary N) is 1. The summed E-state index contributed by atoms with van der Waals surface area (Å²) >= 11 is 1.52. The zero-order chi connectivity index (χ0) is 20.5. The zero-order valence-corrected chi connectivity index (χ0v) is 17.6. The molecule has 0 bridgehead atoms. The first-order valence-electron chi connectivity index (χ1n) is 10.2. The van der Waals surface area contributed by atoms with E-state index in [9.17, 15) is 0 Å². The van der Waals surface area contributed by atoms with E-state index in [4.69, 9.17) is 15.6 Å². The van der Waals surface area contributed by atoms with Gasteiger partial charge >= 0.3 is 0 Å². The maximum atomic E-state index is 6.06. The number of anilines is 1. The average molecular weight is 418 g/mol. The molecule has 1 aliphatic rings. The minimum atomic E-state index is -0.0406. The summed E-state index contributed by atoms with van der Waals surface area (Å²) in [5, 5.41) is 6.61. The molecule has 1 fully saturated rings. The highest BCUT2D eigenvalue weighted by molar-refractivity contribution is 7.18. The van der Waals surface area contributed by atoms with Crippen molar-refractivity contribution in [2.75, 3.05) is 12.3 Å². The first kappa shape index (κ1) is 19.0. The predicted molar refractivity (Wildman–Crippen MR) is 122 cm³/mol. The number of hydrogen-bond acceptors (Lipinski definition) is 6. The summed E-state index contributed by atoms with van der Waals surface area (Å²) in [5.41, 5.74) is 10.9. The van der Waals surface area contributed by atoms with Crippen molar-refractivity contribution in [1.29, 1.82) is 0 Å². The van der Waals surface area contributed by atoms with E-state index in [2.05, 4.69) is 28.2 Å². The number of aromatic nitrogens is 4. The molecule has 1 aliphatic heterocycles. The third-order valence-corrected chi connectivity index (χ3v) is 6.38. The first-order chi connectivity index (χ1) is 14.7. The van der Waals surface area contributed by atoms with Crippen molar-refractivity contribution in [3.8, 4) is 10.4 Å². The molecule has 2 N–H and O–H groups in total. The molecule has 7 heteroatoms. The maximum Gasteiger partial charge on any atom is 0.180 e. The number of nitrogen functional groups attached to an aromatic ring is 1. The quantitative estimate of drug-likeness (QED) is 0.486. The topological polar surface area (TPSA) is 78.9 Å². The number of pyridine rings is 1. The number of thiazole rings is 1. The fraction of sp³-hybridized carbons (Fsp3) is 0.261. The molecule has 4 aromatic rings. The Hall–Kier alpha value is -3.03. The van der Waals surface area contributed by atoms with Crippen LogP contribution in [-0.2, 0) is 4.74 Å². The van der Waals surface area contributed by atoms with Gasteiger partial charge in [0.15, 0.2) is 11.4 Å². The van der Waals surface area contributed by atoms with E-state index in [-0.39, 0.29) is 6.23 Å². The van der Waals surface area contributed by atoms with Crippen LogP contribution in [-0.4, -0.2) is 26.4 Å². The van der Waals surface area contributed by atoms with Gasteiger partial charge in [-0.1, -0.05) is 23.5 Å². The number of fused-ring (bicyclic) bond motifs is 1. The number of ether oxygens (including phenoxy) is 1. The van der Waals surface area contributed by atoms with E-state index >= 15 is 0 Å². The Balaban J connectivity index is 1.62. The Morgan fingerprint density at radius 1 is 1.20 bits per heavy atom. The lowest BCUT2D eigenvalue weighted by atomic mass is 10.1. The van der Waals surface area contributed by atoms with Crippen molar-refractivity contribution < 1.29 is 4.74 Å². The van der Waals surface area contributed by atoms with E-state index in [1.54, 1.807) is 6.20 Å². The molecule has 5 rings (SSSR count). The van der Waals surface area contributed by atoms with Crippen LogP contribution in [0.4, 0.5) is 5.13 Å².